The first kappa shape index (κ1) is 15.0. The van der Waals surface area contributed by atoms with Crippen molar-refractivity contribution in [3.63, 3.8) is 0 Å². The van der Waals surface area contributed by atoms with Crippen LogP contribution in [-0.4, -0.2) is 25.5 Å². The molecule has 0 aromatic heterocycles. The van der Waals surface area contributed by atoms with Crippen molar-refractivity contribution in [1.29, 1.82) is 0 Å². The summed E-state index contributed by atoms with van der Waals surface area (Å²) in [7, 11) is 1.33. The maximum atomic E-state index is 12.4. The Hall–Kier alpha value is -1.06. The van der Waals surface area contributed by atoms with Gasteiger partial charge in [-0.2, -0.15) is 0 Å². The minimum Gasteiger partial charge on any atom is -0.468 e. The van der Waals surface area contributed by atoms with E-state index in [9.17, 15) is 9.59 Å². The molecule has 0 saturated heterocycles. The summed E-state index contributed by atoms with van der Waals surface area (Å²) in [5, 5.41) is 2.74. The van der Waals surface area contributed by atoms with Gasteiger partial charge in [0.05, 0.1) is 12.5 Å². The molecule has 0 bridgehead atoms. The zero-order valence-electron chi connectivity index (χ0n) is 11.8. The minimum absolute atomic E-state index is 0.0183. The summed E-state index contributed by atoms with van der Waals surface area (Å²) in [6.45, 7) is 4.20. The van der Waals surface area contributed by atoms with E-state index in [4.69, 9.17) is 0 Å². The number of carbonyl (C=O) groups excluding carboxylic acids is 2. The van der Waals surface area contributed by atoms with Crippen LogP contribution in [0.3, 0.4) is 0 Å². The molecule has 0 aliphatic heterocycles. The Morgan fingerprint density at radius 2 is 2.06 bits per heavy atom. The molecule has 18 heavy (non-hydrogen) atoms. The van der Waals surface area contributed by atoms with Gasteiger partial charge in [-0.3, -0.25) is 9.59 Å². The smallest absolute Gasteiger partial charge is 0.325 e. The lowest BCUT2D eigenvalue weighted by atomic mass is 9.70. The van der Waals surface area contributed by atoms with Gasteiger partial charge in [0.15, 0.2) is 0 Å². The average Bonchev–Trinajstić information content (AvgIpc) is 2.58. The van der Waals surface area contributed by atoms with Gasteiger partial charge < -0.3 is 10.1 Å². The van der Waals surface area contributed by atoms with Crippen molar-refractivity contribution in [3.8, 4) is 0 Å². The highest BCUT2D eigenvalue weighted by Crippen LogP contribution is 2.42. The third kappa shape index (κ3) is 3.24. The van der Waals surface area contributed by atoms with Gasteiger partial charge >= 0.3 is 5.97 Å². The van der Waals surface area contributed by atoms with Gasteiger partial charge in [-0.1, -0.05) is 33.1 Å². The molecule has 1 N–H and O–H groups in total. The number of carbonyl (C=O) groups is 2. The summed E-state index contributed by atoms with van der Waals surface area (Å²) in [6, 6.07) is 0. The predicted octanol–water partition coefficient (Wildman–Crippen LogP) is 2.27. The van der Waals surface area contributed by atoms with E-state index in [2.05, 4.69) is 23.9 Å². The summed E-state index contributed by atoms with van der Waals surface area (Å²) in [5.74, 6) is 0.00308. The maximum Gasteiger partial charge on any atom is 0.325 e. The Labute approximate surface area is 109 Å². The predicted molar refractivity (Wildman–Crippen MR) is 70.0 cm³/mol. The van der Waals surface area contributed by atoms with Gasteiger partial charge in [-0.25, -0.2) is 0 Å². The van der Waals surface area contributed by atoms with Crippen molar-refractivity contribution in [3.05, 3.63) is 0 Å². The Bertz CT molecular complexity index is 303. The maximum absolute atomic E-state index is 12.4. The molecule has 104 valence electrons. The largest absolute Gasteiger partial charge is 0.468 e. The van der Waals surface area contributed by atoms with Crippen molar-refractivity contribution in [2.45, 2.75) is 52.4 Å². The first-order valence-electron chi connectivity index (χ1n) is 6.92. The van der Waals surface area contributed by atoms with E-state index in [1.165, 1.54) is 20.0 Å². The highest BCUT2D eigenvalue weighted by atomic mass is 16.5. The van der Waals surface area contributed by atoms with Gasteiger partial charge in [0, 0.05) is 0 Å². The number of rotatable bonds is 4. The molecule has 0 spiro atoms. The summed E-state index contributed by atoms with van der Waals surface area (Å²) >= 11 is 0. The van der Waals surface area contributed by atoms with Crippen LogP contribution in [0.5, 0.6) is 0 Å². The third-order valence-corrected chi connectivity index (χ3v) is 4.41. The van der Waals surface area contributed by atoms with Gasteiger partial charge in [0.25, 0.3) is 0 Å². The standard InChI is InChI=1S/C14H25NO3/c1-4-14(9-7-5-6-8-11(14)2)13(17)15-10-12(16)18-3/h11H,4-10H2,1-3H3,(H,15,17). The van der Waals surface area contributed by atoms with E-state index >= 15 is 0 Å². The first-order chi connectivity index (χ1) is 8.56. The fraction of sp³-hybridized carbons (Fsp3) is 0.857. The highest BCUT2D eigenvalue weighted by Gasteiger charge is 2.42. The van der Waals surface area contributed by atoms with E-state index in [-0.39, 0.29) is 17.9 Å². The van der Waals surface area contributed by atoms with E-state index in [0.717, 1.165) is 25.7 Å². The fourth-order valence-corrected chi connectivity index (χ4v) is 3.01. The molecule has 1 aliphatic carbocycles. The van der Waals surface area contributed by atoms with Gasteiger partial charge in [0.2, 0.25) is 5.91 Å². The molecule has 1 amide bonds. The Morgan fingerprint density at radius 1 is 1.33 bits per heavy atom. The lowest BCUT2D eigenvalue weighted by Gasteiger charge is -2.35. The van der Waals surface area contributed by atoms with Crippen molar-refractivity contribution < 1.29 is 14.3 Å². The molecular weight excluding hydrogens is 230 g/mol. The molecule has 1 aliphatic rings. The molecule has 4 nitrogen and oxygen atoms in total. The molecule has 2 unspecified atom stereocenters. The van der Waals surface area contributed by atoms with Crippen LogP contribution >= 0.6 is 0 Å². The SMILES string of the molecule is CCC1(C(=O)NCC(=O)OC)CCCCCC1C. The van der Waals surface area contributed by atoms with Crippen molar-refractivity contribution in [1.82, 2.24) is 5.32 Å². The highest BCUT2D eigenvalue weighted by molar-refractivity contribution is 5.86. The number of amides is 1. The van der Waals surface area contributed by atoms with Crippen molar-refractivity contribution in [2.24, 2.45) is 11.3 Å². The fourth-order valence-electron chi connectivity index (χ4n) is 3.01. The number of methoxy groups -OCH3 is 1. The molecule has 4 heteroatoms. The van der Waals surface area contributed by atoms with Gasteiger partial charge in [0.1, 0.15) is 6.54 Å². The molecule has 1 saturated carbocycles. The molecular formula is C14H25NO3. The zero-order chi connectivity index (χ0) is 13.6. The quantitative estimate of drug-likeness (QED) is 0.619. The first-order valence-corrected chi connectivity index (χ1v) is 6.92. The van der Waals surface area contributed by atoms with Crippen LogP contribution in [0.15, 0.2) is 0 Å². The molecule has 0 heterocycles. The molecule has 0 aromatic rings. The minimum atomic E-state index is -0.393. The van der Waals surface area contributed by atoms with E-state index in [0.29, 0.717) is 5.92 Å². The van der Waals surface area contributed by atoms with Gasteiger partial charge in [-0.15, -0.1) is 0 Å². The third-order valence-electron chi connectivity index (χ3n) is 4.41. The normalized spacial score (nSPS) is 28.3. The molecule has 0 radical (unpaired) electrons. The van der Waals surface area contributed by atoms with Gasteiger partial charge in [-0.05, 0) is 25.2 Å². The second kappa shape index (κ2) is 6.76. The van der Waals surface area contributed by atoms with Crippen LogP contribution < -0.4 is 5.32 Å². The molecule has 1 fully saturated rings. The summed E-state index contributed by atoms with van der Waals surface area (Å²) in [5.41, 5.74) is -0.301. The van der Waals surface area contributed by atoms with Crippen LogP contribution in [0.25, 0.3) is 0 Å². The van der Waals surface area contributed by atoms with E-state index < -0.39 is 5.97 Å². The number of hydrogen-bond donors (Lipinski definition) is 1. The monoisotopic (exact) mass is 255 g/mol. The number of ether oxygens (including phenoxy) is 1. The van der Waals surface area contributed by atoms with E-state index in [1.807, 2.05) is 0 Å². The summed E-state index contributed by atoms with van der Waals surface area (Å²) < 4.78 is 4.55. The second-order valence-corrected chi connectivity index (χ2v) is 5.27. The molecule has 1 rings (SSSR count). The van der Waals surface area contributed by atoms with Crippen LogP contribution in [-0.2, 0) is 14.3 Å². The number of esters is 1. The molecule has 2 atom stereocenters. The van der Waals surface area contributed by atoms with E-state index in [1.54, 1.807) is 0 Å². The Kier molecular flexibility index (Phi) is 5.63. The Morgan fingerprint density at radius 3 is 2.67 bits per heavy atom. The van der Waals surface area contributed by atoms with Crippen LogP contribution in [0, 0.1) is 11.3 Å². The zero-order valence-corrected chi connectivity index (χ0v) is 11.8. The average molecular weight is 255 g/mol. The van der Waals surface area contributed by atoms with Crippen molar-refractivity contribution in [2.75, 3.05) is 13.7 Å². The second-order valence-electron chi connectivity index (χ2n) is 5.27. The molecule has 0 aromatic carbocycles. The number of nitrogens with one attached hydrogen (secondary N) is 1. The summed E-state index contributed by atoms with van der Waals surface area (Å²) in [6.07, 6.45) is 6.37. The lowest BCUT2D eigenvalue weighted by molar-refractivity contribution is -0.144. The van der Waals surface area contributed by atoms with Crippen LogP contribution in [0.2, 0.25) is 0 Å². The number of hydrogen-bond acceptors (Lipinski definition) is 3. The topological polar surface area (TPSA) is 55.4 Å². The van der Waals surface area contributed by atoms with Crippen LogP contribution in [0.4, 0.5) is 0 Å². The van der Waals surface area contributed by atoms with Crippen molar-refractivity contribution >= 4 is 11.9 Å². The lowest BCUT2D eigenvalue weighted by Crippen LogP contribution is -2.46. The van der Waals surface area contributed by atoms with Crippen LogP contribution in [0.1, 0.15) is 52.4 Å². The summed E-state index contributed by atoms with van der Waals surface area (Å²) in [4.78, 5) is 23.5. The Balaban J connectivity index is 2.72.